The Labute approximate surface area is 190 Å². The Bertz CT molecular complexity index is 1150. The Morgan fingerprint density at radius 2 is 1.64 bits per heavy atom. The van der Waals surface area contributed by atoms with Gasteiger partial charge in [0.05, 0.1) is 36.2 Å². The number of nitro groups is 1. The van der Waals surface area contributed by atoms with Gasteiger partial charge in [-0.25, -0.2) is 9.59 Å². The first-order valence-corrected chi connectivity index (χ1v) is 10.1. The quantitative estimate of drug-likeness (QED) is 0.383. The van der Waals surface area contributed by atoms with E-state index in [1.165, 1.54) is 25.3 Å². The number of allylic oxidation sites excluding steroid dienone is 2. The average molecular weight is 452 g/mol. The second-order valence-corrected chi connectivity index (χ2v) is 7.40. The molecular formula is C24H24N2O7. The molecular weight excluding hydrogens is 428 g/mol. The molecule has 172 valence electrons. The van der Waals surface area contributed by atoms with Crippen LogP contribution in [0.15, 0.2) is 71.1 Å². The molecule has 0 saturated carbocycles. The van der Waals surface area contributed by atoms with Crippen molar-refractivity contribution in [2.24, 2.45) is 0 Å². The summed E-state index contributed by atoms with van der Waals surface area (Å²) in [4.78, 5) is 36.7. The van der Waals surface area contributed by atoms with Gasteiger partial charge in [-0.1, -0.05) is 24.3 Å². The first-order valence-electron chi connectivity index (χ1n) is 10.1. The van der Waals surface area contributed by atoms with Crippen LogP contribution in [-0.2, 0) is 25.7 Å². The highest BCUT2D eigenvalue weighted by atomic mass is 16.6. The molecule has 2 aromatic carbocycles. The minimum atomic E-state index is -0.901. The van der Waals surface area contributed by atoms with Crippen LogP contribution in [0.1, 0.15) is 30.9 Å². The van der Waals surface area contributed by atoms with E-state index in [4.69, 9.17) is 14.2 Å². The fraction of sp³-hybridized carbons (Fsp3) is 0.250. The number of hydrogen-bond donors (Lipinski definition) is 1. The van der Waals surface area contributed by atoms with Gasteiger partial charge in [0.25, 0.3) is 5.69 Å². The number of dihydropyridines is 1. The first-order chi connectivity index (χ1) is 15.8. The Balaban J connectivity index is 2.00. The summed E-state index contributed by atoms with van der Waals surface area (Å²) in [6.07, 6.45) is 0. The normalized spacial score (nSPS) is 15.6. The van der Waals surface area contributed by atoms with E-state index in [0.717, 1.165) is 5.56 Å². The van der Waals surface area contributed by atoms with Gasteiger partial charge in [0.2, 0.25) is 0 Å². The number of carbonyl (C=O) groups is 2. The summed E-state index contributed by atoms with van der Waals surface area (Å²) in [5, 5.41) is 14.4. The van der Waals surface area contributed by atoms with Crippen LogP contribution < -0.4 is 10.1 Å². The molecule has 1 aliphatic heterocycles. The van der Waals surface area contributed by atoms with Gasteiger partial charge in [0.15, 0.2) is 0 Å². The number of carbonyl (C=O) groups excluding carboxylic acids is 2. The third-order valence-corrected chi connectivity index (χ3v) is 5.33. The summed E-state index contributed by atoms with van der Waals surface area (Å²) in [5.41, 5.74) is 2.32. The van der Waals surface area contributed by atoms with Gasteiger partial charge in [-0.3, -0.25) is 10.1 Å². The Morgan fingerprint density at radius 1 is 1.00 bits per heavy atom. The summed E-state index contributed by atoms with van der Waals surface area (Å²) >= 11 is 0. The van der Waals surface area contributed by atoms with E-state index in [1.807, 2.05) is 0 Å². The van der Waals surface area contributed by atoms with E-state index in [2.05, 4.69) is 5.32 Å². The summed E-state index contributed by atoms with van der Waals surface area (Å²) in [6.45, 7) is 3.36. The monoisotopic (exact) mass is 452 g/mol. The zero-order valence-corrected chi connectivity index (χ0v) is 18.7. The van der Waals surface area contributed by atoms with Crippen molar-refractivity contribution in [3.05, 3.63) is 92.3 Å². The number of methoxy groups -OCH3 is 2. The van der Waals surface area contributed by atoms with Gasteiger partial charge in [0.1, 0.15) is 12.4 Å². The van der Waals surface area contributed by atoms with Crippen molar-refractivity contribution in [2.45, 2.75) is 26.4 Å². The minimum absolute atomic E-state index is 0.00246. The lowest BCUT2D eigenvalue weighted by Gasteiger charge is -2.30. The molecule has 3 rings (SSSR count). The highest BCUT2D eigenvalue weighted by Gasteiger charge is 2.38. The van der Waals surface area contributed by atoms with Crippen LogP contribution >= 0.6 is 0 Å². The molecule has 0 fully saturated rings. The van der Waals surface area contributed by atoms with Crippen LogP contribution in [0, 0.1) is 10.1 Å². The maximum Gasteiger partial charge on any atom is 0.337 e. The molecule has 0 bridgehead atoms. The van der Waals surface area contributed by atoms with E-state index in [9.17, 15) is 19.7 Å². The molecule has 2 aromatic rings. The Morgan fingerprint density at radius 3 is 2.21 bits per heavy atom. The molecule has 9 nitrogen and oxygen atoms in total. The van der Waals surface area contributed by atoms with Crippen molar-refractivity contribution < 1.29 is 28.7 Å². The third kappa shape index (κ3) is 5.03. The van der Waals surface area contributed by atoms with Crippen molar-refractivity contribution >= 4 is 17.6 Å². The first kappa shape index (κ1) is 23.5. The predicted molar refractivity (Wildman–Crippen MR) is 119 cm³/mol. The van der Waals surface area contributed by atoms with Crippen LogP contribution in [0.3, 0.4) is 0 Å². The summed E-state index contributed by atoms with van der Waals surface area (Å²) in [6, 6.07) is 12.9. The number of nitrogens with zero attached hydrogens (tertiary/aromatic N) is 1. The molecule has 0 saturated heterocycles. The largest absolute Gasteiger partial charge is 0.497 e. The molecule has 9 heteroatoms. The van der Waals surface area contributed by atoms with Crippen molar-refractivity contribution in [1.29, 1.82) is 0 Å². The topological polar surface area (TPSA) is 117 Å². The minimum Gasteiger partial charge on any atom is -0.497 e. The standard InChI is InChI=1S/C24H24N2O7/c1-14-20(23(27)32-4)22(17-6-5-7-18(12-17)26(29)30)21(15(2)25-14)24(28)33-13-16-8-10-19(31-3)11-9-16/h5-12,22,25H,13H2,1-4H3. The molecule has 1 atom stereocenters. The van der Waals surface area contributed by atoms with Gasteiger partial charge in [-0.2, -0.15) is 0 Å². The van der Waals surface area contributed by atoms with Crippen LogP contribution in [0.4, 0.5) is 5.69 Å². The molecule has 0 radical (unpaired) electrons. The molecule has 1 heterocycles. The van der Waals surface area contributed by atoms with Crippen molar-refractivity contribution in [1.82, 2.24) is 5.32 Å². The van der Waals surface area contributed by atoms with E-state index in [1.54, 1.807) is 51.3 Å². The Hall–Kier alpha value is -4.14. The number of esters is 2. The van der Waals surface area contributed by atoms with Crippen LogP contribution in [0.2, 0.25) is 0 Å². The summed E-state index contributed by atoms with van der Waals surface area (Å²) in [7, 11) is 2.79. The molecule has 0 spiro atoms. The fourth-order valence-corrected chi connectivity index (χ4v) is 3.74. The number of non-ortho nitro benzene ring substituents is 1. The number of nitro benzene ring substituents is 1. The van der Waals surface area contributed by atoms with Crippen molar-refractivity contribution in [3.63, 3.8) is 0 Å². The molecule has 1 aliphatic rings. The zero-order chi connectivity index (χ0) is 24.1. The van der Waals surface area contributed by atoms with Gasteiger partial charge >= 0.3 is 11.9 Å². The number of nitrogens with one attached hydrogen (secondary N) is 1. The highest BCUT2D eigenvalue weighted by Crippen LogP contribution is 2.40. The second-order valence-electron chi connectivity index (χ2n) is 7.40. The van der Waals surface area contributed by atoms with Crippen LogP contribution in [0.25, 0.3) is 0 Å². The lowest BCUT2D eigenvalue weighted by molar-refractivity contribution is -0.384. The van der Waals surface area contributed by atoms with Gasteiger partial charge in [-0.05, 0) is 37.1 Å². The second kappa shape index (κ2) is 9.99. The van der Waals surface area contributed by atoms with E-state index < -0.39 is 22.8 Å². The fourth-order valence-electron chi connectivity index (χ4n) is 3.74. The smallest absolute Gasteiger partial charge is 0.337 e. The van der Waals surface area contributed by atoms with Gasteiger partial charge in [0, 0.05) is 23.5 Å². The zero-order valence-electron chi connectivity index (χ0n) is 18.7. The molecule has 33 heavy (non-hydrogen) atoms. The van der Waals surface area contributed by atoms with E-state index in [0.29, 0.717) is 22.7 Å². The predicted octanol–water partition coefficient (Wildman–Crippen LogP) is 3.75. The lowest BCUT2D eigenvalue weighted by Crippen LogP contribution is -2.32. The number of hydrogen-bond acceptors (Lipinski definition) is 8. The van der Waals surface area contributed by atoms with Gasteiger partial charge < -0.3 is 19.5 Å². The molecule has 1 unspecified atom stereocenters. The van der Waals surface area contributed by atoms with Gasteiger partial charge in [-0.15, -0.1) is 0 Å². The molecule has 0 aromatic heterocycles. The Kier molecular flexibility index (Phi) is 7.12. The van der Waals surface area contributed by atoms with Crippen LogP contribution in [0.5, 0.6) is 5.75 Å². The number of rotatable bonds is 7. The number of benzene rings is 2. The van der Waals surface area contributed by atoms with Crippen LogP contribution in [-0.4, -0.2) is 31.1 Å². The number of ether oxygens (including phenoxy) is 3. The van der Waals surface area contributed by atoms with E-state index >= 15 is 0 Å². The molecule has 0 amide bonds. The van der Waals surface area contributed by atoms with E-state index in [-0.39, 0.29) is 23.4 Å². The van der Waals surface area contributed by atoms with Crippen molar-refractivity contribution in [3.8, 4) is 5.75 Å². The van der Waals surface area contributed by atoms with Crippen molar-refractivity contribution in [2.75, 3.05) is 14.2 Å². The maximum absolute atomic E-state index is 13.2. The molecule has 1 N–H and O–H groups in total. The maximum atomic E-state index is 13.2. The average Bonchev–Trinajstić information content (AvgIpc) is 2.82. The summed E-state index contributed by atoms with van der Waals surface area (Å²) < 4.78 is 15.6. The molecule has 0 aliphatic carbocycles. The lowest BCUT2D eigenvalue weighted by atomic mass is 9.80. The SMILES string of the molecule is COC(=O)C1=C(C)NC(C)=C(C(=O)OCc2ccc(OC)cc2)C1c1cccc([N+](=O)[O-])c1. The third-order valence-electron chi connectivity index (χ3n) is 5.33. The highest BCUT2D eigenvalue weighted by molar-refractivity contribution is 5.99. The summed E-state index contributed by atoms with van der Waals surface area (Å²) in [5.74, 6) is -1.53.